The summed E-state index contributed by atoms with van der Waals surface area (Å²) in [4.78, 5) is 31.3. The van der Waals surface area contributed by atoms with Crippen LogP contribution < -0.4 is 5.32 Å². The smallest absolute Gasteiger partial charge is 0.255 e. The summed E-state index contributed by atoms with van der Waals surface area (Å²) in [7, 11) is 0. The number of anilines is 1. The maximum Gasteiger partial charge on any atom is 0.255 e. The van der Waals surface area contributed by atoms with Crippen LogP contribution in [0.2, 0.25) is 0 Å². The number of nitrogens with one attached hydrogen (secondary N) is 1. The van der Waals surface area contributed by atoms with Crippen molar-refractivity contribution in [3.63, 3.8) is 0 Å². The Labute approximate surface area is 163 Å². The predicted molar refractivity (Wildman–Crippen MR) is 106 cm³/mol. The molecule has 2 aromatic carbocycles. The minimum absolute atomic E-state index is 0.0304. The van der Waals surface area contributed by atoms with Gasteiger partial charge in [0.1, 0.15) is 12.7 Å². The fourth-order valence-corrected chi connectivity index (χ4v) is 3.35. The molecule has 1 aliphatic rings. The van der Waals surface area contributed by atoms with Crippen molar-refractivity contribution in [1.29, 1.82) is 0 Å². The van der Waals surface area contributed by atoms with Crippen LogP contribution in [-0.2, 0) is 0 Å². The molecule has 1 saturated heterocycles. The van der Waals surface area contributed by atoms with Gasteiger partial charge in [-0.1, -0.05) is 12.1 Å². The van der Waals surface area contributed by atoms with Crippen LogP contribution in [0, 0.1) is 0 Å². The van der Waals surface area contributed by atoms with Crippen molar-refractivity contribution in [2.45, 2.75) is 19.3 Å². The van der Waals surface area contributed by atoms with Crippen molar-refractivity contribution in [2.24, 2.45) is 0 Å². The van der Waals surface area contributed by atoms with E-state index in [-0.39, 0.29) is 11.8 Å². The molecule has 0 radical (unpaired) electrons. The molecule has 3 aromatic rings. The van der Waals surface area contributed by atoms with Crippen LogP contribution in [-0.4, -0.2) is 44.6 Å². The average molecular weight is 375 g/mol. The first-order valence-electron chi connectivity index (χ1n) is 9.37. The largest absolute Gasteiger partial charge is 0.339 e. The van der Waals surface area contributed by atoms with Crippen LogP contribution in [0.3, 0.4) is 0 Å². The Bertz CT molecular complexity index is 961. The Kier molecular flexibility index (Phi) is 5.14. The van der Waals surface area contributed by atoms with Gasteiger partial charge in [-0.2, -0.15) is 5.10 Å². The molecule has 1 fully saturated rings. The van der Waals surface area contributed by atoms with Crippen LogP contribution in [0.15, 0.2) is 61.2 Å². The van der Waals surface area contributed by atoms with E-state index < -0.39 is 0 Å². The number of benzene rings is 2. The van der Waals surface area contributed by atoms with Crippen molar-refractivity contribution in [3.05, 3.63) is 72.3 Å². The second-order valence-corrected chi connectivity index (χ2v) is 6.74. The summed E-state index contributed by atoms with van der Waals surface area (Å²) in [6.45, 7) is 1.54. The van der Waals surface area contributed by atoms with Gasteiger partial charge in [-0.3, -0.25) is 9.59 Å². The summed E-state index contributed by atoms with van der Waals surface area (Å²) in [5.41, 5.74) is 2.37. The zero-order valence-corrected chi connectivity index (χ0v) is 15.4. The molecule has 0 unspecified atom stereocenters. The van der Waals surface area contributed by atoms with E-state index in [0.717, 1.165) is 38.0 Å². The summed E-state index contributed by atoms with van der Waals surface area (Å²) in [5, 5.41) is 6.95. The molecule has 0 atom stereocenters. The topological polar surface area (TPSA) is 80.1 Å². The number of carbonyl (C=O) groups is 2. The molecule has 2 amide bonds. The van der Waals surface area contributed by atoms with Crippen LogP contribution in [0.25, 0.3) is 5.69 Å². The summed E-state index contributed by atoms with van der Waals surface area (Å²) < 4.78 is 1.62. The maximum absolute atomic E-state index is 12.9. The molecular formula is C21H21N5O2. The number of rotatable bonds is 4. The first-order valence-corrected chi connectivity index (χ1v) is 9.37. The molecule has 0 bridgehead atoms. The van der Waals surface area contributed by atoms with E-state index >= 15 is 0 Å². The molecule has 1 N–H and O–H groups in total. The fourth-order valence-electron chi connectivity index (χ4n) is 3.35. The number of aromatic nitrogens is 3. The second-order valence-electron chi connectivity index (χ2n) is 6.74. The number of amides is 2. The zero-order chi connectivity index (χ0) is 19.3. The highest BCUT2D eigenvalue weighted by atomic mass is 16.2. The van der Waals surface area contributed by atoms with Gasteiger partial charge in [0.25, 0.3) is 11.8 Å². The van der Waals surface area contributed by atoms with Crippen LogP contribution >= 0.6 is 0 Å². The van der Waals surface area contributed by atoms with E-state index in [1.165, 1.54) is 6.33 Å². The molecule has 7 heteroatoms. The lowest BCUT2D eigenvalue weighted by Crippen LogP contribution is -2.36. The third-order valence-electron chi connectivity index (χ3n) is 4.86. The van der Waals surface area contributed by atoms with E-state index in [4.69, 9.17) is 0 Å². The van der Waals surface area contributed by atoms with E-state index in [2.05, 4.69) is 15.4 Å². The lowest BCUT2D eigenvalue weighted by atomic mass is 10.1. The first-order chi connectivity index (χ1) is 13.7. The number of likely N-dealkylation sites (tertiary alicyclic amines) is 1. The standard InChI is InChI=1S/C21H21N5O2/c27-20(16-8-10-17(11-9-16)26-15-22-14-23-26)24-19-7-3-2-6-18(19)21(28)25-12-4-1-5-13-25/h2-3,6-11,14-15H,1,4-5,12-13H2,(H,24,27). The number of hydrogen-bond donors (Lipinski definition) is 1. The second kappa shape index (κ2) is 8.04. The fraction of sp³-hybridized carbons (Fsp3) is 0.238. The number of para-hydroxylation sites is 1. The molecule has 0 spiro atoms. The molecule has 4 rings (SSSR count). The lowest BCUT2D eigenvalue weighted by molar-refractivity contribution is 0.0725. The summed E-state index contributed by atoms with van der Waals surface area (Å²) in [5.74, 6) is -0.291. The first kappa shape index (κ1) is 17.9. The number of piperidine rings is 1. The molecule has 142 valence electrons. The minimum Gasteiger partial charge on any atom is -0.339 e. The van der Waals surface area contributed by atoms with Crippen molar-refractivity contribution in [3.8, 4) is 5.69 Å². The van der Waals surface area contributed by atoms with Gasteiger partial charge in [0.15, 0.2) is 0 Å². The normalized spacial score (nSPS) is 13.9. The number of hydrogen-bond acceptors (Lipinski definition) is 4. The number of nitrogens with zero attached hydrogens (tertiary/aromatic N) is 4. The third kappa shape index (κ3) is 3.78. The number of carbonyl (C=O) groups excluding carboxylic acids is 2. The van der Waals surface area contributed by atoms with Gasteiger partial charge in [0.05, 0.1) is 16.9 Å². The molecule has 1 aliphatic heterocycles. The quantitative estimate of drug-likeness (QED) is 0.760. The van der Waals surface area contributed by atoms with E-state index in [9.17, 15) is 9.59 Å². The SMILES string of the molecule is O=C(Nc1ccccc1C(=O)N1CCCCC1)c1ccc(-n2cncn2)cc1. The minimum atomic E-state index is -0.260. The lowest BCUT2D eigenvalue weighted by Gasteiger charge is -2.27. The monoisotopic (exact) mass is 375 g/mol. The van der Waals surface area contributed by atoms with Crippen molar-refractivity contribution in [2.75, 3.05) is 18.4 Å². The van der Waals surface area contributed by atoms with Crippen LogP contribution in [0.1, 0.15) is 40.0 Å². The summed E-state index contributed by atoms with van der Waals surface area (Å²) in [6, 6.07) is 14.2. The van der Waals surface area contributed by atoms with Gasteiger partial charge >= 0.3 is 0 Å². The molecule has 1 aromatic heterocycles. The van der Waals surface area contributed by atoms with E-state index in [1.54, 1.807) is 47.4 Å². The van der Waals surface area contributed by atoms with Crippen LogP contribution in [0.5, 0.6) is 0 Å². The Morgan fingerprint density at radius 2 is 1.68 bits per heavy atom. The Balaban J connectivity index is 1.51. The summed E-state index contributed by atoms with van der Waals surface area (Å²) >= 11 is 0. The van der Waals surface area contributed by atoms with Gasteiger partial charge in [-0.05, 0) is 55.7 Å². The Hall–Kier alpha value is -3.48. The van der Waals surface area contributed by atoms with Gasteiger partial charge in [0.2, 0.25) is 0 Å². The zero-order valence-electron chi connectivity index (χ0n) is 15.4. The maximum atomic E-state index is 12.9. The molecule has 0 saturated carbocycles. The Morgan fingerprint density at radius 3 is 2.39 bits per heavy atom. The third-order valence-corrected chi connectivity index (χ3v) is 4.86. The van der Waals surface area contributed by atoms with Crippen LogP contribution in [0.4, 0.5) is 5.69 Å². The molecule has 28 heavy (non-hydrogen) atoms. The van der Waals surface area contributed by atoms with Gasteiger partial charge in [-0.25, -0.2) is 9.67 Å². The predicted octanol–water partition coefficient (Wildman–Crippen LogP) is 3.15. The highest BCUT2D eigenvalue weighted by Gasteiger charge is 2.21. The van der Waals surface area contributed by atoms with E-state index in [1.807, 2.05) is 17.0 Å². The average Bonchev–Trinajstić information content (AvgIpc) is 3.29. The van der Waals surface area contributed by atoms with Crippen molar-refractivity contribution < 1.29 is 9.59 Å². The molecular weight excluding hydrogens is 354 g/mol. The Morgan fingerprint density at radius 1 is 0.929 bits per heavy atom. The van der Waals surface area contributed by atoms with Gasteiger partial charge in [0, 0.05) is 18.7 Å². The van der Waals surface area contributed by atoms with Gasteiger partial charge in [-0.15, -0.1) is 0 Å². The van der Waals surface area contributed by atoms with Crippen molar-refractivity contribution >= 4 is 17.5 Å². The van der Waals surface area contributed by atoms with E-state index in [0.29, 0.717) is 16.8 Å². The molecule has 7 nitrogen and oxygen atoms in total. The van der Waals surface area contributed by atoms with Crippen molar-refractivity contribution in [1.82, 2.24) is 19.7 Å². The molecule has 2 heterocycles. The summed E-state index contributed by atoms with van der Waals surface area (Å²) in [6.07, 6.45) is 6.26. The van der Waals surface area contributed by atoms with Gasteiger partial charge < -0.3 is 10.2 Å². The highest BCUT2D eigenvalue weighted by Crippen LogP contribution is 2.21. The highest BCUT2D eigenvalue weighted by molar-refractivity contribution is 6.09. The molecule has 0 aliphatic carbocycles.